The molecule has 88 valence electrons. The normalized spacial score (nSPS) is 20.5. The van der Waals surface area contributed by atoms with E-state index in [1.807, 2.05) is 4.90 Å². The van der Waals surface area contributed by atoms with Crippen molar-refractivity contribution in [3.63, 3.8) is 0 Å². The van der Waals surface area contributed by atoms with Gasteiger partial charge in [-0.2, -0.15) is 12.6 Å². The summed E-state index contributed by atoms with van der Waals surface area (Å²) in [6.07, 6.45) is 2.97. The molecule has 1 heterocycles. The van der Waals surface area contributed by atoms with E-state index in [4.69, 9.17) is 0 Å². The number of nitrogens with zero attached hydrogens (tertiary/aromatic N) is 1. The van der Waals surface area contributed by atoms with Gasteiger partial charge >= 0.3 is 0 Å². The van der Waals surface area contributed by atoms with Gasteiger partial charge in [0.1, 0.15) is 0 Å². The molecule has 15 heavy (non-hydrogen) atoms. The lowest BCUT2D eigenvalue weighted by Gasteiger charge is -2.36. The summed E-state index contributed by atoms with van der Waals surface area (Å²) in [7, 11) is 0. The zero-order chi connectivity index (χ0) is 11.5. The minimum absolute atomic E-state index is 0.236. The molecule has 1 fully saturated rings. The number of hydrogen-bond donors (Lipinski definition) is 1. The molecule has 0 radical (unpaired) electrons. The molecule has 2 nitrogen and oxygen atoms in total. The molecule has 0 N–H and O–H groups in total. The van der Waals surface area contributed by atoms with Crippen molar-refractivity contribution in [1.82, 2.24) is 4.90 Å². The Morgan fingerprint density at radius 3 is 2.53 bits per heavy atom. The van der Waals surface area contributed by atoms with Crippen LogP contribution in [-0.4, -0.2) is 29.6 Å². The number of rotatable bonds is 3. The third kappa shape index (κ3) is 3.71. The highest BCUT2D eigenvalue weighted by atomic mass is 32.1. The van der Waals surface area contributed by atoms with Gasteiger partial charge in [0, 0.05) is 19.5 Å². The minimum Gasteiger partial charge on any atom is -0.342 e. The Hall–Kier alpha value is -0.180. The maximum Gasteiger partial charge on any atom is 0.222 e. The highest BCUT2D eigenvalue weighted by Gasteiger charge is 2.28. The van der Waals surface area contributed by atoms with Crippen LogP contribution < -0.4 is 0 Å². The lowest BCUT2D eigenvalue weighted by atomic mass is 9.81. The van der Waals surface area contributed by atoms with Gasteiger partial charge in [-0.15, -0.1) is 0 Å². The van der Waals surface area contributed by atoms with Gasteiger partial charge in [0.15, 0.2) is 0 Å². The van der Waals surface area contributed by atoms with Crippen molar-refractivity contribution in [3.05, 3.63) is 0 Å². The predicted molar refractivity (Wildman–Crippen MR) is 67.2 cm³/mol. The summed E-state index contributed by atoms with van der Waals surface area (Å²) in [6, 6.07) is 0. The van der Waals surface area contributed by atoms with Crippen LogP contribution in [0.4, 0.5) is 0 Å². The van der Waals surface area contributed by atoms with Crippen LogP contribution in [-0.2, 0) is 4.79 Å². The van der Waals surface area contributed by atoms with E-state index < -0.39 is 0 Å². The Kier molecular flexibility index (Phi) is 4.50. The van der Waals surface area contributed by atoms with Crippen LogP contribution >= 0.6 is 12.6 Å². The van der Waals surface area contributed by atoms with Crippen LogP contribution in [0.5, 0.6) is 0 Å². The van der Waals surface area contributed by atoms with Crippen LogP contribution in [0.2, 0.25) is 0 Å². The first-order chi connectivity index (χ1) is 6.95. The van der Waals surface area contributed by atoms with E-state index in [-0.39, 0.29) is 5.41 Å². The Labute approximate surface area is 98.8 Å². The van der Waals surface area contributed by atoms with Crippen molar-refractivity contribution in [2.45, 2.75) is 40.0 Å². The highest BCUT2D eigenvalue weighted by molar-refractivity contribution is 7.80. The zero-order valence-corrected chi connectivity index (χ0v) is 11.0. The van der Waals surface area contributed by atoms with Gasteiger partial charge in [0.2, 0.25) is 5.91 Å². The number of carbonyl (C=O) groups is 1. The van der Waals surface area contributed by atoms with Crippen LogP contribution in [0, 0.1) is 11.3 Å². The van der Waals surface area contributed by atoms with Crippen LogP contribution in [0.25, 0.3) is 0 Å². The molecular formula is C12H23NOS. The molecule has 1 aliphatic rings. The quantitative estimate of drug-likeness (QED) is 0.738. The number of hydrogen-bond acceptors (Lipinski definition) is 2. The van der Waals surface area contributed by atoms with Crippen LogP contribution in [0.1, 0.15) is 40.0 Å². The van der Waals surface area contributed by atoms with E-state index in [0.717, 1.165) is 38.1 Å². The molecular weight excluding hydrogens is 206 g/mol. The van der Waals surface area contributed by atoms with Gasteiger partial charge in [0.25, 0.3) is 0 Å². The molecule has 1 aliphatic heterocycles. The fraction of sp³-hybridized carbons (Fsp3) is 0.917. The molecule has 1 amide bonds. The first-order valence-electron chi connectivity index (χ1n) is 5.84. The number of likely N-dealkylation sites (tertiary alicyclic amines) is 1. The SMILES string of the molecule is CC(C)(C)C(CS)CN1CCCCC1=O. The van der Waals surface area contributed by atoms with Crippen molar-refractivity contribution in [2.75, 3.05) is 18.8 Å². The fourth-order valence-electron chi connectivity index (χ4n) is 1.93. The molecule has 1 rings (SSSR count). The van der Waals surface area contributed by atoms with E-state index in [1.165, 1.54) is 0 Å². The first kappa shape index (κ1) is 12.9. The van der Waals surface area contributed by atoms with E-state index in [0.29, 0.717) is 11.8 Å². The molecule has 0 aromatic rings. The summed E-state index contributed by atoms with van der Waals surface area (Å²) in [6.45, 7) is 8.50. The molecule has 0 spiro atoms. The average molecular weight is 229 g/mol. The minimum atomic E-state index is 0.236. The fourth-order valence-corrected chi connectivity index (χ4v) is 2.59. The molecule has 0 aliphatic carbocycles. The van der Waals surface area contributed by atoms with Crippen molar-refractivity contribution < 1.29 is 4.79 Å². The van der Waals surface area contributed by atoms with Crippen LogP contribution in [0.3, 0.4) is 0 Å². The topological polar surface area (TPSA) is 20.3 Å². The lowest BCUT2D eigenvalue weighted by Crippen LogP contribution is -2.42. The summed E-state index contributed by atoms with van der Waals surface area (Å²) in [5, 5.41) is 0. The molecule has 0 aromatic carbocycles. The second-order valence-corrected chi connectivity index (χ2v) is 5.91. The Bertz CT molecular complexity index is 222. The van der Waals surface area contributed by atoms with Crippen LogP contribution in [0.15, 0.2) is 0 Å². The second-order valence-electron chi connectivity index (χ2n) is 5.54. The summed E-state index contributed by atoms with van der Waals surface area (Å²) >= 11 is 4.40. The molecule has 1 saturated heterocycles. The monoisotopic (exact) mass is 229 g/mol. The summed E-state index contributed by atoms with van der Waals surface area (Å²) in [5.41, 5.74) is 0.236. The average Bonchev–Trinajstić information content (AvgIpc) is 2.14. The molecule has 1 unspecified atom stereocenters. The second kappa shape index (κ2) is 5.24. The van der Waals surface area contributed by atoms with E-state index in [2.05, 4.69) is 33.4 Å². The van der Waals surface area contributed by atoms with Gasteiger partial charge in [-0.25, -0.2) is 0 Å². The van der Waals surface area contributed by atoms with E-state index >= 15 is 0 Å². The zero-order valence-electron chi connectivity index (χ0n) is 10.1. The Morgan fingerprint density at radius 1 is 1.40 bits per heavy atom. The molecule has 0 bridgehead atoms. The number of thiol groups is 1. The number of amides is 1. The number of piperidine rings is 1. The first-order valence-corrected chi connectivity index (χ1v) is 6.47. The van der Waals surface area contributed by atoms with Gasteiger partial charge < -0.3 is 4.90 Å². The highest BCUT2D eigenvalue weighted by Crippen LogP contribution is 2.28. The van der Waals surface area contributed by atoms with Crippen molar-refractivity contribution in [3.8, 4) is 0 Å². The molecule has 3 heteroatoms. The standard InChI is InChI=1S/C12H23NOS/c1-12(2,3)10(9-15)8-13-7-5-4-6-11(13)14/h10,15H,4-9H2,1-3H3. The number of carbonyl (C=O) groups excluding carboxylic acids is 1. The van der Waals surface area contributed by atoms with E-state index in [1.54, 1.807) is 0 Å². The van der Waals surface area contributed by atoms with E-state index in [9.17, 15) is 4.79 Å². The largest absolute Gasteiger partial charge is 0.342 e. The summed E-state index contributed by atoms with van der Waals surface area (Å²) in [4.78, 5) is 13.7. The van der Waals surface area contributed by atoms with Gasteiger partial charge in [-0.1, -0.05) is 20.8 Å². The Morgan fingerprint density at radius 2 is 2.07 bits per heavy atom. The van der Waals surface area contributed by atoms with Gasteiger partial charge in [-0.05, 0) is 29.9 Å². The maximum atomic E-state index is 11.7. The third-order valence-corrected chi connectivity index (χ3v) is 3.75. The Balaban J connectivity index is 2.54. The van der Waals surface area contributed by atoms with Gasteiger partial charge in [-0.3, -0.25) is 4.79 Å². The third-order valence-electron chi connectivity index (χ3n) is 3.31. The van der Waals surface area contributed by atoms with Gasteiger partial charge in [0.05, 0.1) is 0 Å². The predicted octanol–water partition coefficient (Wildman–Crippen LogP) is 2.59. The summed E-state index contributed by atoms with van der Waals surface area (Å²) < 4.78 is 0. The smallest absolute Gasteiger partial charge is 0.222 e. The van der Waals surface area contributed by atoms with Crippen molar-refractivity contribution >= 4 is 18.5 Å². The van der Waals surface area contributed by atoms with Crippen molar-refractivity contribution in [1.29, 1.82) is 0 Å². The lowest BCUT2D eigenvalue weighted by molar-refractivity contribution is -0.134. The molecule has 1 atom stereocenters. The molecule has 0 aromatic heterocycles. The van der Waals surface area contributed by atoms with Crippen molar-refractivity contribution in [2.24, 2.45) is 11.3 Å². The maximum absolute atomic E-state index is 11.7. The molecule has 0 saturated carbocycles. The summed E-state index contributed by atoms with van der Waals surface area (Å²) in [5.74, 6) is 1.67.